The lowest BCUT2D eigenvalue weighted by atomic mass is 9.94. The van der Waals surface area contributed by atoms with E-state index in [2.05, 4.69) is 9.99 Å². The van der Waals surface area contributed by atoms with Crippen LogP contribution in [0.25, 0.3) is 0 Å². The molecule has 1 heterocycles. The highest BCUT2D eigenvalue weighted by molar-refractivity contribution is 6.25. The Morgan fingerprint density at radius 3 is 2.60 bits per heavy atom. The zero-order chi connectivity index (χ0) is 10.8. The molecule has 0 fully saturated rings. The van der Waals surface area contributed by atoms with Crippen molar-refractivity contribution < 1.29 is 14.4 Å². The van der Waals surface area contributed by atoms with Gasteiger partial charge in [-0.3, -0.25) is 4.79 Å². The van der Waals surface area contributed by atoms with E-state index in [1.165, 1.54) is 6.92 Å². The lowest BCUT2D eigenvalue weighted by Gasteiger charge is -2.04. The van der Waals surface area contributed by atoms with E-state index in [1.807, 2.05) is 18.2 Å². The van der Waals surface area contributed by atoms with E-state index in [0.717, 1.165) is 5.56 Å². The molecular formula is C11H9NO3. The van der Waals surface area contributed by atoms with Gasteiger partial charge in [-0.1, -0.05) is 35.5 Å². The third kappa shape index (κ3) is 1.66. The highest BCUT2D eigenvalue weighted by atomic mass is 16.7. The van der Waals surface area contributed by atoms with E-state index >= 15 is 0 Å². The SMILES string of the molecule is CC(=O)[C@H]1C(=O)ON=C1c1ccccc1. The van der Waals surface area contributed by atoms with E-state index in [0.29, 0.717) is 5.71 Å². The van der Waals surface area contributed by atoms with Gasteiger partial charge < -0.3 is 4.84 Å². The normalized spacial score (nSPS) is 19.7. The van der Waals surface area contributed by atoms with Gasteiger partial charge in [0.05, 0.1) is 0 Å². The summed E-state index contributed by atoms with van der Waals surface area (Å²) in [6.07, 6.45) is 0. The second kappa shape index (κ2) is 3.65. The van der Waals surface area contributed by atoms with Crippen molar-refractivity contribution in [2.24, 2.45) is 11.1 Å². The Labute approximate surface area is 86.5 Å². The van der Waals surface area contributed by atoms with Crippen molar-refractivity contribution in [3.8, 4) is 0 Å². The van der Waals surface area contributed by atoms with Crippen LogP contribution in [0.2, 0.25) is 0 Å². The minimum Gasteiger partial charge on any atom is -0.317 e. The zero-order valence-electron chi connectivity index (χ0n) is 8.14. The topological polar surface area (TPSA) is 55.7 Å². The molecule has 0 saturated carbocycles. The largest absolute Gasteiger partial charge is 0.351 e. The Hall–Kier alpha value is -1.97. The maximum atomic E-state index is 11.3. The molecule has 0 aromatic heterocycles. The molecular weight excluding hydrogens is 194 g/mol. The number of oxime groups is 1. The van der Waals surface area contributed by atoms with Gasteiger partial charge in [0.1, 0.15) is 11.5 Å². The predicted octanol–water partition coefficient (Wildman–Crippen LogP) is 1.15. The lowest BCUT2D eigenvalue weighted by molar-refractivity contribution is -0.145. The van der Waals surface area contributed by atoms with Gasteiger partial charge in [-0.15, -0.1) is 0 Å². The minimum atomic E-state index is -0.868. The number of benzene rings is 1. The highest BCUT2D eigenvalue weighted by Crippen LogP contribution is 2.19. The van der Waals surface area contributed by atoms with Crippen LogP contribution in [0, 0.1) is 5.92 Å². The number of Topliss-reactive ketones (excluding diaryl/α,β-unsaturated/α-hetero) is 1. The first-order valence-corrected chi connectivity index (χ1v) is 4.55. The van der Waals surface area contributed by atoms with Crippen LogP contribution < -0.4 is 0 Å². The Morgan fingerprint density at radius 2 is 2.00 bits per heavy atom. The van der Waals surface area contributed by atoms with Gasteiger partial charge in [0.2, 0.25) is 0 Å². The molecule has 15 heavy (non-hydrogen) atoms. The van der Waals surface area contributed by atoms with Crippen LogP contribution in [-0.4, -0.2) is 17.5 Å². The molecule has 0 unspecified atom stereocenters. The fourth-order valence-corrected chi connectivity index (χ4v) is 1.50. The maximum absolute atomic E-state index is 11.3. The summed E-state index contributed by atoms with van der Waals surface area (Å²) in [6.45, 7) is 1.36. The van der Waals surface area contributed by atoms with Gasteiger partial charge in [-0.05, 0) is 6.92 Å². The van der Waals surface area contributed by atoms with E-state index in [4.69, 9.17) is 0 Å². The van der Waals surface area contributed by atoms with Crippen molar-refractivity contribution in [1.82, 2.24) is 0 Å². The molecule has 4 heteroatoms. The van der Waals surface area contributed by atoms with Gasteiger partial charge in [-0.25, -0.2) is 4.79 Å². The molecule has 1 aliphatic heterocycles. The van der Waals surface area contributed by atoms with E-state index < -0.39 is 11.9 Å². The second-order valence-electron chi connectivity index (χ2n) is 3.30. The van der Waals surface area contributed by atoms with Crippen molar-refractivity contribution in [3.63, 3.8) is 0 Å². The van der Waals surface area contributed by atoms with Crippen molar-refractivity contribution >= 4 is 17.5 Å². The van der Waals surface area contributed by atoms with E-state index in [9.17, 15) is 9.59 Å². The first-order valence-electron chi connectivity index (χ1n) is 4.55. The third-order valence-electron chi connectivity index (χ3n) is 2.22. The summed E-state index contributed by atoms with van der Waals surface area (Å²) in [5.41, 5.74) is 1.14. The predicted molar refractivity (Wildman–Crippen MR) is 53.2 cm³/mol. The van der Waals surface area contributed by atoms with Gasteiger partial charge >= 0.3 is 5.97 Å². The molecule has 0 spiro atoms. The van der Waals surface area contributed by atoms with Crippen LogP contribution in [0.15, 0.2) is 35.5 Å². The summed E-state index contributed by atoms with van der Waals surface area (Å²) in [5.74, 6) is -1.71. The molecule has 0 amide bonds. The molecule has 2 rings (SSSR count). The lowest BCUT2D eigenvalue weighted by Crippen LogP contribution is -2.26. The molecule has 0 saturated heterocycles. The highest BCUT2D eigenvalue weighted by Gasteiger charge is 2.37. The van der Waals surface area contributed by atoms with Gasteiger partial charge in [-0.2, -0.15) is 0 Å². The number of hydrogen-bond acceptors (Lipinski definition) is 4. The van der Waals surface area contributed by atoms with Gasteiger partial charge in [0.15, 0.2) is 5.92 Å². The van der Waals surface area contributed by atoms with Crippen molar-refractivity contribution in [3.05, 3.63) is 35.9 Å². The maximum Gasteiger partial charge on any atom is 0.351 e. The number of nitrogens with zero attached hydrogens (tertiary/aromatic N) is 1. The first kappa shape index (κ1) is 9.58. The van der Waals surface area contributed by atoms with Crippen molar-refractivity contribution in [2.45, 2.75) is 6.92 Å². The molecule has 1 atom stereocenters. The van der Waals surface area contributed by atoms with E-state index in [1.54, 1.807) is 12.1 Å². The van der Waals surface area contributed by atoms with Crippen LogP contribution >= 0.6 is 0 Å². The van der Waals surface area contributed by atoms with Crippen molar-refractivity contribution in [2.75, 3.05) is 0 Å². The Kier molecular flexibility index (Phi) is 2.33. The van der Waals surface area contributed by atoms with Gasteiger partial charge in [0.25, 0.3) is 0 Å². The van der Waals surface area contributed by atoms with Crippen molar-refractivity contribution in [1.29, 1.82) is 0 Å². The number of rotatable bonds is 2. The fourth-order valence-electron chi connectivity index (χ4n) is 1.50. The molecule has 0 bridgehead atoms. The number of ketones is 1. The number of carbonyl (C=O) groups excluding carboxylic acids is 2. The average molecular weight is 203 g/mol. The number of hydrogen-bond donors (Lipinski definition) is 0. The summed E-state index contributed by atoms with van der Waals surface area (Å²) in [7, 11) is 0. The van der Waals surface area contributed by atoms with Crippen LogP contribution in [0.4, 0.5) is 0 Å². The Morgan fingerprint density at radius 1 is 1.33 bits per heavy atom. The summed E-state index contributed by atoms with van der Waals surface area (Å²) >= 11 is 0. The number of carbonyl (C=O) groups is 2. The summed E-state index contributed by atoms with van der Waals surface area (Å²) < 4.78 is 0. The molecule has 0 radical (unpaired) electrons. The molecule has 4 nitrogen and oxygen atoms in total. The monoisotopic (exact) mass is 203 g/mol. The van der Waals surface area contributed by atoms with E-state index in [-0.39, 0.29) is 5.78 Å². The quantitative estimate of drug-likeness (QED) is 0.535. The molecule has 76 valence electrons. The minimum absolute atomic E-state index is 0.250. The summed E-state index contributed by atoms with van der Waals surface area (Å²) in [6, 6.07) is 9.06. The molecule has 0 N–H and O–H groups in total. The zero-order valence-corrected chi connectivity index (χ0v) is 8.14. The fraction of sp³-hybridized carbons (Fsp3) is 0.182. The molecule has 1 aromatic carbocycles. The standard InChI is InChI=1S/C11H9NO3/c1-7(13)9-10(12-15-11(9)14)8-5-3-2-4-6-8/h2-6,9H,1H3/t9-/m1/s1. The molecule has 1 aliphatic rings. The molecule has 1 aromatic rings. The van der Waals surface area contributed by atoms with Crippen LogP contribution in [0.3, 0.4) is 0 Å². The summed E-state index contributed by atoms with van der Waals surface area (Å²) in [4.78, 5) is 27.0. The van der Waals surface area contributed by atoms with Crippen LogP contribution in [0.5, 0.6) is 0 Å². The Bertz CT molecular complexity index is 436. The van der Waals surface area contributed by atoms with Gasteiger partial charge in [0, 0.05) is 5.56 Å². The third-order valence-corrected chi connectivity index (χ3v) is 2.22. The van der Waals surface area contributed by atoms with Crippen LogP contribution in [0.1, 0.15) is 12.5 Å². The first-order chi connectivity index (χ1) is 7.20. The summed E-state index contributed by atoms with van der Waals surface area (Å²) in [5, 5.41) is 3.64. The van der Waals surface area contributed by atoms with Crippen LogP contribution in [-0.2, 0) is 14.4 Å². The second-order valence-corrected chi connectivity index (χ2v) is 3.30. The smallest absolute Gasteiger partial charge is 0.317 e. The Balaban J connectivity index is 2.38. The molecule has 0 aliphatic carbocycles. The average Bonchev–Trinajstić information content (AvgIpc) is 2.61.